The third-order valence-electron chi connectivity index (χ3n) is 4.93. The van der Waals surface area contributed by atoms with Gasteiger partial charge >= 0.3 is 0 Å². The summed E-state index contributed by atoms with van der Waals surface area (Å²) in [5.41, 5.74) is 2.68. The van der Waals surface area contributed by atoms with Crippen molar-refractivity contribution >= 4 is 65.9 Å². The average molecular weight is 514 g/mol. The SMILES string of the molecule is Cc1ccc(CC(=O)N=C2S[C@@H]3CS(=O)(=O)C[C@H]3N2c2ccc(Br)cc2Cl)cc1. The minimum atomic E-state index is -3.13. The molecule has 0 saturated carbocycles. The number of sulfone groups is 1. The molecule has 2 heterocycles. The van der Waals surface area contributed by atoms with Gasteiger partial charge in [0.1, 0.15) is 0 Å². The number of carbonyl (C=O) groups is 1. The number of rotatable bonds is 3. The van der Waals surface area contributed by atoms with Gasteiger partial charge < -0.3 is 4.90 Å². The number of hydrogen-bond donors (Lipinski definition) is 0. The van der Waals surface area contributed by atoms with Crippen LogP contribution >= 0.6 is 39.3 Å². The molecule has 2 aliphatic rings. The van der Waals surface area contributed by atoms with Crippen molar-refractivity contribution in [3.8, 4) is 0 Å². The van der Waals surface area contributed by atoms with Crippen molar-refractivity contribution in [3.05, 3.63) is 63.1 Å². The van der Waals surface area contributed by atoms with Gasteiger partial charge in [-0.15, -0.1) is 0 Å². The first-order chi connectivity index (χ1) is 13.7. The van der Waals surface area contributed by atoms with Crippen LogP contribution in [0.3, 0.4) is 0 Å². The molecule has 2 fully saturated rings. The highest BCUT2D eigenvalue weighted by Gasteiger charge is 2.49. The molecule has 29 heavy (non-hydrogen) atoms. The van der Waals surface area contributed by atoms with Gasteiger partial charge in [0.15, 0.2) is 15.0 Å². The summed E-state index contributed by atoms with van der Waals surface area (Å²) in [5, 5.41) is 0.825. The van der Waals surface area contributed by atoms with Crippen LogP contribution in [0.25, 0.3) is 0 Å². The van der Waals surface area contributed by atoms with Crippen molar-refractivity contribution in [1.29, 1.82) is 0 Å². The lowest BCUT2D eigenvalue weighted by Gasteiger charge is -2.25. The zero-order valence-corrected chi connectivity index (χ0v) is 19.5. The lowest BCUT2D eigenvalue weighted by molar-refractivity contribution is -0.117. The molecule has 152 valence electrons. The van der Waals surface area contributed by atoms with E-state index in [4.69, 9.17) is 11.6 Å². The Kier molecular flexibility index (Phi) is 5.81. The molecule has 2 saturated heterocycles. The van der Waals surface area contributed by atoms with Crippen molar-refractivity contribution in [3.63, 3.8) is 0 Å². The second kappa shape index (κ2) is 8.06. The molecule has 2 atom stereocenters. The molecule has 0 aliphatic carbocycles. The van der Waals surface area contributed by atoms with Gasteiger partial charge in [0, 0.05) is 9.72 Å². The highest BCUT2D eigenvalue weighted by atomic mass is 79.9. The second-order valence-corrected chi connectivity index (χ2v) is 11.9. The summed E-state index contributed by atoms with van der Waals surface area (Å²) in [7, 11) is -3.13. The van der Waals surface area contributed by atoms with Crippen LogP contribution in [0.4, 0.5) is 5.69 Å². The summed E-state index contributed by atoms with van der Waals surface area (Å²) < 4.78 is 25.2. The van der Waals surface area contributed by atoms with E-state index in [1.54, 1.807) is 6.07 Å². The van der Waals surface area contributed by atoms with Gasteiger partial charge in [-0.25, -0.2) is 8.42 Å². The summed E-state index contributed by atoms with van der Waals surface area (Å²) >= 11 is 11.2. The number of thioether (sulfide) groups is 1. The molecule has 5 nitrogen and oxygen atoms in total. The zero-order chi connectivity index (χ0) is 20.8. The average Bonchev–Trinajstić information content (AvgIpc) is 3.08. The summed E-state index contributed by atoms with van der Waals surface area (Å²) in [6.45, 7) is 1.99. The standard InChI is InChI=1S/C20H18BrClN2O3S2/c1-12-2-4-13(5-3-12)8-19(25)23-20-24(16-7-6-14(21)9-15(16)22)17-10-29(26,27)11-18(17)28-20/h2-7,9,17-18H,8,10-11H2,1H3/t17-,18-/m1/s1. The van der Waals surface area contributed by atoms with Gasteiger partial charge in [-0.3, -0.25) is 4.79 Å². The van der Waals surface area contributed by atoms with Crippen molar-refractivity contribution in [2.24, 2.45) is 4.99 Å². The molecule has 0 spiro atoms. The number of amidine groups is 1. The maximum absolute atomic E-state index is 12.6. The lowest BCUT2D eigenvalue weighted by Crippen LogP contribution is -2.38. The third kappa shape index (κ3) is 4.55. The highest BCUT2D eigenvalue weighted by molar-refractivity contribution is 9.10. The number of benzene rings is 2. The monoisotopic (exact) mass is 512 g/mol. The van der Waals surface area contributed by atoms with Gasteiger partial charge in [-0.2, -0.15) is 4.99 Å². The van der Waals surface area contributed by atoms with Crippen LogP contribution in [-0.2, 0) is 21.1 Å². The Balaban J connectivity index is 1.66. The van der Waals surface area contributed by atoms with E-state index in [2.05, 4.69) is 20.9 Å². The number of carbonyl (C=O) groups excluding carboxylic acids is 1. The van der Waals surface area contributed by atoms with Gasteiger partial charge in [-0.1, -0.05) is 69.1 Å². The van der Waals surface area contributed by atoms with E-state index in [0.717, 1.165) is 15.6 Å². The molecule has 0 radical (unpaired) electrons. The molecular weight excluding hydrogens is 496 g/mol. The summed E-state index contributed by atoms with van der Waals surface area (Å²) in [6.07, 6.45) is 0.194. The molecule has 9 heteroatoms. The van der Waals surface area contributed by atoms with Crippen molar-refractivity contribution in [1.82, 2.24) is 0 Å². The predicted molar refractivity (Wildman–Crippen MR) is 123 cm³/mol. The van der Waals surface area contributed by atoms with Crippen molar-refractivity contribution < 1.29 is 13.2 Å². The minimum absolute atomic E-state index is 0.0300. The summed E-state index contributed by atoms with van der Waals surface area (Å²) in [4.78, 5) is 18.8. The Morgan fingerprint density at radius 2 is 1.97 bits per heavy atom. The molecule has 2 aromatic rings. The Morgan fingerprint density at radius 1 is 1.24 bits per heavy atom. The number of aryl methyl sites for hydroxylation is 1. The molecule has 0 N–H and O–H groups in total. The Hall–Kier alpha value is -1.35. The number of nitrogens with zero attached hydrogens (tertiary/aromatic N) is 2. The lowest BCUT2D eigenvalue weighted by atomic mass is 10.1. The topological polar surface area (TPSA) is 66.8 Å². The zero-order valence-electron chi connectivity index (χ0n) is 15.5. The summed E-state index contributed by atoms with van der Waals surface area (Å²) in [5.74, 6) is -0.155. The number of amides is 1. The van der Waals surface area contributed by atoms with E-state index in [-0.39, 0.29) is 35.1 Å². The number of aliphatic imine (C=N–C) groups is 1. The van der Waals surface area contributed by atoms with E-state index in [1.807, 2.05) is 48.2 Å². The fourth-order valence-corrected chi connectivity index (χ4v) is 8.24. The van der Waals surface area contributed by atoms with Gasteiger partial charge in [0.05, 0.1) is 34.7 Å². The van der Waals surface area contributed by atoms with Gasteiger partial charge in [0.2, 0.25) is 0 Å². The molecule has 2 aromatic carbocycles. The maximum Gasteiger partial charge on any atom is 0.252 e. The van der Waals surface area contributed by atoms with Crippen LogP contribution in [0.2, 0.25) is 5.02 Å². The predicted octanol–water partition coefficient (Wildman–Crippen LogP) is 4.26. The first-order valence-electron chi connectivity index (χ1n) is 9.00. The van der Waals surface area contributed by atoms with Crippen molar-refractivity contribution in [2.75, 3.05) is 16.4 Å². The molecule has 0 unspecified atom stereocenters. The van der Waals surface area contributed by atoms with Gasteiger partial charge in [-0.05, 0) is 30.7 Å². The fourth-order valence-electron chi connectivity index (χ4n) is 3.55. The normalized spacial score (nSPS) is 24.1. The van der Waals surface area contributed by atoms with Crippen molar-refractivity contribution in [2.45, 2.75) is 24.6 Å². The first kappa shape index (κ1) is 20.9. The third-order valence-corrected chi connectivity index (χ3v) is 8.94. The maximum atomic E-state index is 12.6. The fraction of sp³-hybridized carbons (Fsp3) is 0.300. The van der Waals surface area contributed by atoms with Crippen LogP contribution in [0.15, 0.2) is 51.9 Å². The van der Waals surface area contributed by atoms with Crippen LogP contribution in [0, 0.1) is 6.92 Å². The van der Waals surface area contributed by atoms with Crippen LogP contribution < -0.4 is 4.90 Å². The van der Waals surface area contributed by atoms with E-state index in [0.29, 0.717) is 15.9 Å². The van der Waals surface area contributed by atoms with Crippen LogP contribution in [-0.4, -0.2) is 42.3 Å². The molecule has 0 aromatic heterocycles. The second-order valence-electron chi connectivity index (χ2n) is 7.22. The number of halogens is 2. The Bertz CT molecular complexity index is 1100. The number of fused-ring (bicyclic) bond motifs is 1. The molecule has 2 aliphatic heterocycles. The molecular formula is C20H18BrClN2O3S2. The van der Waals surface area contributed by atoms with Gasteiger partial charge in [0.25, 0.3) is 5.91 Å². The Morgan fingerprint density at radius 3 is 2.66 bits per heavy atom. The minimum Gasteiger partial charge on any atom is -0.314 e. The molecule has 1 amide bonds. The van der Waals surface area contributed by atoms with Crippen LogP contribution in [0.1, 0.15) is 11.1 Å². The Labute approximate surface area is 187 Å². The largest absolute Gasteiger partial charge is 0.314 e. The summed E-state index contributed by atoms with van der Waals surface area (Å²) in [6, 6.07) is 12.9. The van der Waals surface area contributed by atoms with E-state index in [9.17, 15) is 13.2 Å². The van der Waals surface area contributed by atoms with E-state index >= 15 is 0 Å². The number of anilines is 1. The first-order valence-corrected chi connectivity index (χ1v) is 12.9. The molecule has 0 bridgehead atoms. The number of hydrogen-bond acceptors (Lipinski definition) is 4. The van der Waals surface area contributed by atoms with E-state index in [1.165, 1.54) is 11.8 Å². The van der Waals surface area contributed by atoms with Crippen LogP contribution in [0.5, 0.6) is 0 Å². The van der Waals surface area contributed by atoms with E-state index < -0.39 is 9.84 Å². The quantitative estimate of drug-likeness (QED) is 0.614. The smallest absolute Gasteiger partial charge is 0.252 e. The molecule has 4 rings (SSSR count). The highest BCUT2D eigenvalue weighted by Crippen LogP contribution is 2.43.